The van der Waals surface area contributed by atoms with E-state index in [9.17, 15) is 13.2 Å². The van der Waals surface area contributed by atoms with Crippen LogP contribution in [0.1, 0.15) is 5.56 Å². The number of benzene rings is 3. The lowest BCUT2D eigenvalue weighted by molar-refractivity contribution is -0.0498. The second kappa shape index (κ2) is 10.0. The summed E-state index contributed by atoms with van der Waals surface area (Å²) in [5.41, 5.74) is 2.51. The molecule has 1 aromatic heterocycles. The SMILES string of the molecule is CN(Cc1ccc(OC(F)F)cc1)Cn1nc(-c2ccc(F)cc2)n(-c2ccccc2)c1=S. The lowest BCUT2D eigenvalue weighted by atomic mass is 10.2. The zero-order valence-electron chi connectivity index (χ0n) is 17.7. The first-order valence-corrected chi connectivity index (χ1v) is 10.5. The first-order chi connectivity index (χ1) is 15.9. The highest BCUT2D eigenvalue weighted by molar-refractivity contribution is 7.71. The smallest absolute Gasteiger partial charge is 0.387 e. The molecule has 0 aliphatic carbocycles. The predicted molar refractivity (Wildman–Crippen MR) is 122 cm³/mol. The Bertz CT molecular complexity index is 1260. The molecule has 9 heteroatoms. The van der Waals surface area contributed by atoms with Gasteiger partial charge in [-0.2, -0.15) is 8.78 Å². The van der Waals surface area contributed by atoms with E-state index >= 15 is 0 Å². The molecule has 4 rings (SSSR count). The molecule has 0 aliphatic heterocycles. The van der Waals surface area contributed by atoms with Crippen LogP contribution in [0.4, 0.5) is 13.2 Å². The molecule has 0 aliphatic rings. The van der Waals surface area contributed by atoms with Crippen LogP contribution in [0.3, 0.4) is 0 Å². The van der Waals surface area contributed by atoms with Gasteiger partial charge in [0.15, 0.2) is 5.82 Å². The van der Waals surface area contributed by atoms with Gasteiger partial charge in [-0.3, -0.25) is 9.47 Å². The first-order valence-electron chi connectivity index (χ1n) is 10.1. The molecule has 33 heavy (non-hydrogen) atoms. The molecule has 0 bridgehead atoms. The molecule has 0 atom stereocenters. The first kappa shape index (κ1) is 22.8. The second-order valence-electron chi connectivity index (χ2n) is 7.46. The Morgan fingerprint density at radius 1 is 0.970 bits per heavy atom. The number of halogens is 3. The van der Waals surface area contributed by atoms with Crippen LogP contribution >= 0.6 is 12.2 Å². The Hall–Kier alpha value is -3.43. The number of ether oxygens (including phenoxy) is 1. The minimum Gasteiger partial charge on any atom is -0.435 e. The molecular weight excluding hydrogens is 449 g/mol. The summed E-state index contributed by atoms with van der Waals surface area (Å²) < 4.78 is 46.6. The normalized spacial score (nSPS) is 11.3. The van der Waals surface area contributed by atoms with Crippen molar-refractivity contribution in [3.63, 3.8) is 0 Å². The predicted octanol–water partition coefficient (Wildman–Crippen LogP) is 5.90. The molecule has 0 unspecified atom stereocenters. The third-order valence-corrected chi connectivity index (χ3v) is 5.33. The summed E-state index contributed by atoms with van der Waals surface area (Å²) in [6.07, 6.45) is 0. The van der Waals surface area contributed by atoms with Gasteiger partial charge in [0.2, 0.25) is 4.77 Å². The summed E-state index contributed by atoms with van der Waals surface area (Å²) in [5, 5.41) is 4.72. The second-order valence-corrected chi connectivity index (χ2v) is 7.83. The van der Waals surface area contributed by atoms with Gasteiger partial charge in [0, 0.05) is 17.8 Å². The molecule has 3 aromatic carbocycles. The van der Waals surface area contributed by atoms with Crippen molar-refractivity contribution in [2.75, 3.05) is 7.05 Å². The summed E-state index contributed by atoms with van der Waals surface area (Å²) in [7, 11) is 1.91. The third kappa shape index (κ3) is 5.50. The van der Waals surface area contributed by atoms with Gasteiger partial charge in [0.05, 0.1) is 6.67 Å². The van der Waals surface area contributed by atoms with Crippen molar-refractivity contribution in [2.45, 2.75) is 19.8 Å². The van der Waals surface area contributed by atoms with Crippen molar-refractivity contribution in [2.24, 2.45) is 0 Å². The van der Waals surface area contributed by atoms with Gasteiger partial charge in [-0.1, -0.05) is 30.3 Å². The van der Waals surface area contributed by atoms with Crippen LogP contribution in [-0.4, -0.2) is 32.9 Å². The van der Waals surface area contributed by atoms with Gasteiger partial charge in [-0.25, -0.2) is 9.07 Å². The number of aromatic nitrogens is 3. The number of para-hydroxylation sites is 1. The van der Waals surface area contributed by atoms with E-state index in [2.05, 4.69) is 4.74 Å². The standard InChI is InChI=1S/C24H21F3N4OS/c1-29(15-17-7-13-21(14-8-17)32-23(26)27)16-30-24(33)31(20-5-3-2-4-6-20)22(28-30)18-9-11-19(25)12-10-18/h2-14,23H,15-16H2,1H3. The fourth-order valence-corrected chi connectivity index (χ4v) is 3.75. The molecule has 5 nitrogen and oxygen atoms in total. The average molecular weight is 471 g/mol. The van der Waals surface area contributed by atoms with E-state index in [-0.39, 0.29) is 11.6 Å². The maximum Gasteiger partial charge on any atom is 0.387 e. The van der Waals surface area contributed by atoms with Crippen LogP contribution in [0, 0.1) is 10.6 Å². The Morgan fingerprint density at radius 2 is 1.64 bits per heavy atom. The highest BCUT2D eigenvalue weighted by atomic mass is 32.1. The van der Waals surface area contributed by atoms with E-state index in [0.717, 1.165) is 16.8 Å². The Labute approximate surface area is 194 Å². The lowest BCUT2D eigenvalue weighted by Crippen LogP contribution is -2.22. The van der Waals surface area contributed by atoms with E-state index in [1.54, 1.807) is 28.9 Å². The van der Waals surface area contributed by atoms with Gasteiger partial charge < -0.3 is 4.74 Å². The molecule has 0 radical (unpaired) electrons. The van der Waals surface area contributed by atoms with Crippen molar-refractivity contribution in [1.29, 1.82) is 0 Å². The lowest BCUT2D eigenvalue weighted by Gasteiger charge is -2.16. The molecule has 0 fully saturated rings. The van der Waals surface area contributed by atoms with Crippen molar-refractivity contribution < 1.29 is 17.9 Å². The summed E-state index contributed by atoms with van der Waals surface area (Å²) >= 11 is 5.74. The maximum atomic E-state index is 13.5. The van der Waals surface area contributed by atoms with Crippen molar-refractivity contribution in [3.8, 4) is 22.8 Å². The van der Waals surface area contributed by atoms with Crippen LogP contribution in [0.25, 0.3) is 17.1 Å². The number of rotatable bonds is 8. The topological polar surface area (TPSA) is 35.2 Å². The fraction of sp³-hybridized carbons (Fsp3) is 0.167. The van der Waals surface area contributed by atoms with Crippen LogP contribution in [-0.2, 0) is 13.2 Å². The molecule has 0 spiro atoms. The molecule has 170 valence electrons. The van der Waals surface area contributed by atoms with E-state index in [1.807, 2.05) is 46.8 Å². The molecule has 0 amide bonds. The zero-order valence-corrected chi connectivity index (χ0v) is 18.6. The van der Waals surface area contributed by atoms with Crippen LogP contribution in [0.2, 0.25) is 0 Å². The minimum atomic E-state index is -2.85. The van der Waals surface area contributed by atoms with E-state index < -0.39 is 6.61 Å². The minimum absolute atomic E-state index is 0.115. The van der Waals surface area contributed by atoms with Gasteiger partial charge in [-0.05, 0) is 73.4 Å². The maximum absolute atomic E-state index is 13.5. The molecule has 1 heterocycles. The Kier molecular flexibility index (Phi) is 6.90. The summed E-state index contributed by atoms with van der Waals surface area (Å²) in [4.78, 5) is 2.00. The van der Waals surface area contributed by atoms with Crippen LogP contribution < -0.4 is 4.74 Å². The number of alkyl halides is 2. The highest BCUT2D eigenvalue weighted by Crippen LogP contribution is 2.23. The summed E-state index contributed by atoms with van der Waals surface area (Å²) in [6, 6.07) is 22.2. The summed E-state index contributed by atoms with van der Waals surface area (Å²) in [5.74, 6) is 0.394. The highest BCUT2D eigenvalue weighted by Gasteiger charge is 2.16. The van der Waals surface area contributed by atoms with Crippen LogP contribution in [0.15, 0.2) is 78.9 Å². The quantitative estimate of drug-likeness (QED) is 0.300. The monoisotopic (exact) mass is 470 g/mol. The molecule has 0 N–H and O–H groups in total. The summed E-state index contributed by atoms with van der Waals surface area (Å²) in [6.45, 7) is -1.92. The van der Waals surface area contributed by atoms with Crippen LogP contribution in [0.5, 0.6) is 5.75 Å². The largest absolute Gasteiger partial charge is 0.435 e. The van der Waals surface area contributed by atoms with Gasteiger partial charge in [0.25, 0.3) is 0 Å². The Morgan fingerprint density at radius 3 is 2.27 bits per heavy atom. The van der Waals surface area contributed by atoms with Crippen molar-refractivity contribution in [3.05, 3.63) is 95.0 Å². The zero-order chi connectivity index (χ0) is 23.4. The molecule has 4 aromatic rings. The van der Waals surface area contributed by atoms with Crippen molar-refractivity contribution >= 4 is 12.2 Å². The third-order valence-electron chi connectivity index (χ3n) is 4.93. The van der Waals surface area contributed by atoms with E-state index in [0.29, 0.717) is 23.8 Å². The number of hydrogen-bond acceptors (Lipinski definition) is 4. The van der Waals surface area contributed by atoms with Gasteiger partial charge >= 0.3 is 6.61 Å². The number of nitrogens with zero attached hydrogens (tertiary/aromatic N) is 4. The van der Waals surface area contributed by atoms with E-state index in [1.165, 1.54) is 24.3 Å². The van der Waals surface area contributed by atoms with Gasteiger partial charge in [-0.15, -0.1) is 5.10 Å². The van der Waals surface area contributed by atoms with E-state index in [4.69, 9.17) is 17.3 Å². The molecule has 0 saturated heterocycles. The Balaban J connectivity index is 1.60. The average Bonchev–Trinajstić information content (AvgIpc) is 3.11. The number of hydrogen-bond donors (Lipinski definition) is 0. The molecule has 0 saturated carbocycles. The van der Waals surface area contributed by atoms with Crippen molar-refractivity contribution in [1.82, 2.24) is 19.2 Å². The molecular formula is C24H21F3N4OS. The fourth-order valence-electron chi connectivity index (χ4n) is 3.46. The van der Waals surface area contributed by atoms with Gasteiger partial charge in [0.1, 0.15) is 11.6 Å².